The minimum absolute atomic E-state index is 0.147. The lowest BCUT2D eigenvalue weighted by atomic mass is 10.1. The van der Waals surface area contributed by atoms with E-state index in [0.29, 0.717) is 31.2 Å². The molecule has 3 rings (SSSR count). The number of rotatable bonds is 9. The Morgan fingerprint density at radius 2 is 1.79 bits per heavy atom. The molecule has 0 radical (unpaired) electrons. The maximum absolute atomic E-state index is 13.3. The Balaban J connectivity index is 1.42. The molecule has 0 aliphatic rings. The molecule has 1 N–H and O–H groups in total. The maximum Gasteiger partial charge on any atom is 0.220 e. The predicted octanol–water partition coefficient (Wildman–Crippen LogP) is 3.56. The van der Waals surface area contributed by atoms with Crippen LogP contribution in [0.5, 0.6) is 5.75 Å². The molecule has 0 saturated heterocycles. The smallest absolute Gasteiger partial charge is 0.220 e. The number of hydrogen-bond acceptors (Lipinski definition) is 5. The predicted molar refractivity (Wildman–Crippen MR) is 106 cm³/mol. The summed E-state index contributed by atoms with van der Waals surface area (Å²) >= 11 is 0. The highest BCUT2D eigenvalue weighted by atomic mass is 19.1. The molecule has 1 aromatic heterocycles. The first-order valence-electron chi connectivity index (χ1n) is 9.49. The number of methoxy groups -OCH3 is 1. The van der Waals surface area contributed by atoms with Gasteiger partial charge in [0.2, 0.25) is 17.7 Å². The second kappa shape index (κ2) is 9.82. The van der Waals surface area contributed by atoms with Gasteiger partial charge in [0.15, 0.2) is 0 Å². The SMILES string of the molecule is COc1ccc(CCc2nnc(CCC(=O)NCc3cc(F)ccc3C)o2)cc1. The molecule has 6 nitrogen and oxygen atoms in total. The van der Waals surface area contributed by atoms with Crippen molar-refractivity contribution in [3.05, 3.63) is 76.8 Å². The molecule has 1 amide bonds. The molecule has 152 valence electrons. The van der Waals surface area contributed by atoms with Crippen LogP contribution in [0, 0.1) is 12.7 Å². The topological polar surface area (TPSA) is 77.2 Å². The number of halogens is 1. The Kier molecular flexibility index (Phi) is 6.94. The highest BCUT2D eigenvalue weighted by molar-refractivity contribution is 5.76. The molecule has 0 unspecified atom stereocenters. The van der Waals surface area contributed by atoms with E-state index >= 15 is 0 Å². The van der Waals surface area contributed by atoms with Gasteiger partial charge in [-0.2, -0.15) is 0 Å². The number of benzene rings is 2. The van der Waals surface area contributed by atoms with Crippen molar-refractivity contribution in [1.29, 1.82) is 0 Å². The summed E-state index contributed by atoms with van der Waals surface area (Å²) in [6, 6.07) is 12.4. The Morgan fingerprint density at radius 1 is 1.07 bits per heavy atom. The van der Waals surface area contributed by atoms with Gasteiger partial charge in [-0.15, -0.1) is 10.2 Å². The number of carbonyl (C=O) groups is 1. The first kappa shape index (κ1) is 20.5. The van der Waals surface area contributed by atoms with Crippen LogP contribution in [0.1, 0.15) is 34.9 Å². The summed E-state index contributed by atoms with van der Waals surface area (Å²) in [5.41, 5.74) is 2.85. The molecular formula is C22H24FN3O3. The first-order valence-corrected chi connectivity index (χ1v) is 9.49. The van der Waals surface area contributed by atoms with E-state index in [1.165, 1.54) is 12.1 Å². The van der Waals surface area contributed by atoms with E-state index in [4.69, 9.17) is 9.15 Å². The normalized spacial score (nSPS) is 10.7. The van der Waals surface area contributed by atoms with Crippen LogP contribution in [0.3, 0.4) is 0 Å². The second-order valence-corrected chi connectivity index (χ2v) is 6.79. The van der Waals surface area contributed by atoms with Gasteiger partial charge in [-0.3, -0.25) is 4.79 Å². The van der Waals surface area contributed by atoms with Crippen molar-refractivity contribution in [3.63, 3.8) is 0 Å². The van der Waals surface area contributed by atoms with Gasteiger partial charge < -0.3 is 14.5 Å². The molecule has 0 saturated carbocycles. The summed E-state index contributed by atoms with van der Waals surface area (Å²) in [4.78, 5) is 12.1. The number of nitrogens with one attached hydrogen (secondary N) is 1. The van der Waals surface area contributed by atoms with E-state index in [1.54, 1.807) is 13.2 Å². The first-order chi connectivity index (χ1) is 14.0. The molecule has 29 heavy (non-hydrogen) atoms. The van der Waals surface area contributed by atoms with Crippen LogP contribution in [0.4, 0.5) is 4.39 Å². The minimum atomic E-state index is -0.312. The van der Waals surface area contributed by atoms with Crippen LogP contribution in [-0.2, 0) is 30.6 Å². The van der Waals surface area contributed by atoms with Crippen molar-refractivity contribution in [3.8, 4) is 5.75 Å². The molecule has 0 atom stereocenters. The zero-order valence-corrected chi connectivity index (χ0v) is 16.6. The van der Waals surface area contributed by atoms with Gasteiger partial charge in [-0.05, 0) is 54.3 Å². The third-order valence-electron chi connectivity index (χ3n) is 4.65. The molecule has 1 heterocycles. The Bertz CT molecular complexity index is 954. The molecular weight excluding hydrogens is 373 g/mol. The molecule has 2 aromatic carbocycles. The fraction of sp³-hybridized carbons (Fsp3) is 0.318. The lowest BCUT2D eigenvalue weighted by molar-refractivity contribution is -0.121. The summed E-state index contributed by atoms with van der Waals surface area (Å²) in [5, 5.41) is 10.8. The molecule has 3 aromatic rings. The number of aryl methyl sites for hydroxylation is 4. The molecule has 0 aliphatic heterocycles. The number of amides is 1. The molecule has 0 spiro atoms. The maximum atomic E-state index is 13.3. The Morgan fingerprint density at radius 3 is 2.52 bits per heavy atom. The van der Waals surface area contributed by atoms with Gasteiger partial charge in [-0.1, -0.05) is 18.2 Å². The third-order valence-corrected chi connectivity index (χ3v) is 4.65. The number of aromatic nitrogens is 2. The van der Waals surface area contributed by atoms with E-state index < -0.39 is 0 Å². The van der Waals surface area contributed by atoms with Crippen LogP contribution < -0.4 is 10.1 Å². The van der Waals surface area contributed by atoms with Crippen molar-refractivity contribution in [1.82, 2.24) is 15.5 Å². The average Bonchev–Trinajstić information content (AvgIpc) is 3.19. The van der Waals surface area contributed by atoms with Gasteiger partial charge in [0, 0.05) is 25.8 Å². The van der Waals surface area contributed by atoms with E-state index in [0.717, 1.165) is 28.9 Å². The fourth-order valence-electron chi connectivity index (χ4n) is 2.87. The standard InChI is InChI=1S/C22H24FN3O3/c1-15-3-7-18(23)13-17(15)14-24-20(27)10-12-22-26-25-21(29-22)11-6-16-4-8-19(28-2)9-5-16/h3-5,7-9,13H,6,10-12,14H2,1-2H3,(H,24,27). The van der Waals surface area contributed by atoms with Gasteiger partial charge in [0.1, 0.15) is 11.6 Å². The minimum Gasteiger partial charge on any atom is -0.497 e. The van der Waals surface area contributed by atoms with Crippen molar-refractivity contribution in [2.24, 2.45) is 0 Å². The van der Waals surface area contributed by atoms with E-state index in [2.05, 4.69) is 15.5 Å². The van der Waals surface area contributed by atoms with Gasteiger partial charge >= 0.3 is 0 Å². The quantitative estimate of drug-likeness (QED) is 0.597. The Hall–Kier alpha value is -3.22. The highest BCUT2D eigenvalue weighted by Crippen LogP contribution is 2.14. The molecule has 0 fully saturated rings. The van der Waals surface area contributed by atoms with Crippen molar-refractivity contribution < 1.29 is 18.3 Å². The Labute approximate surface area is 169 Å². The van der Waals surface area contributed by atoms with Gasteiger partial charge in [0.05, 0.1) is 7.11 Å². The lowest BCUT2D eigenvalue weighted by Gasteiger charge is -2.07. The monoisotopic (exact) mass is 397 g/mol. The van der Waals surface area contributed by atoms with E-state index in [1.807, 2.05) is 31.2 Å². The van der Waals surface area contributed by atoms with Crippen LogP contribution in [0.2, 0.25) is 0 Å². The van der Waals surface area contributed by atoms with Crippen LogP contribution >= 0.6 is 0 Å². The number of hydrogen-bond donors (Lipinski definition) is 1. The number of carbonyl (C=O) groups excluding carboxylic acids is 1. The lowest BCUT2D eigenvalue weighted by Crippen LogP contribution is -2.23. The van der Waals surface area contributed by atoms with Crippen LogP contribution in [0.25, 0.3) is 0 Å². The average molecular weight is 397 g/mol. The number of nitrogens with zero attached hydrogens (tertiary/aromatic N) is 2. The summed E-state index contributed by atoms with van der Waals surface area (Å²) in [6.07, 6.45) is 2.00. The summed E-state index contributed by atoms with van der Waals surface area (Å²) < 4.78 is 24.1. The second-order valence-electron chi connectivity index (χ2n) is 6.79. The third kappa shape index (κ3) is 6.14. The summed E-state index contributed by atoms with van der Waals surface area (Å²) in [6.45, 7) is 2.17. The van der Waals surface area contributed by atoms with E-state index in [-0.39, 0.29) is 18.1 Å². The van der Waals surface area contributed by atoms with Crippen molar-refractivity contribution in [2.45, 2.75) is 39.2 Å². The summed E-state index contributed by atoms with van der Waals surface area (Å²) in [7, 11) is 1.64. The highest BCUT2D eigenvalue weighted by Gasteiger charge is 2.10. The van der Waals surface area contributed by atoms with Crippen molar-refractivity contribution in [2.75, 3.05) is 7.11 Å². The van der Waals surface area contributed by atoms with E-state index in [9.17, 15) is 9.18 Å². The largest absolute Gasteiger partial charge is 0.497 e. The molecule has 0 aliphatic carbocycles. The summed E-state index contributed by atoms with van der Waals surface area (Å²) in [5.74, 6) is 1.35. The van der Waals surface area contributed by atoms with Crippen molar-refractivity contribution >= 4 is 5.91 Å². The zero-order valence-electron chi connectivity index (χ0n) is 16.6. The number of ether oxygens (including phenoxy) is 1. The van der Waals surface area contributed by atoms with Gasteiger partial charge in [0.25, 0.3) is 0 Å². The molecule has 0 bridgehead atoms. The zero-order chi connectivity index (χ0) is 20.6. The molecule has 7 heteroatoms. The fourth-order valence-corrected chi connectivity index (χ4v) is 2.87. The van der Waals surface area contributed by atoms with Crippen LogP contribution in [0.15, 0.2) is 46.9 Å². The van der Waals surface area contributed by atoms with Gasteiger partial charge in [-0.25, -0.2) is 4.39 Å². The van der Waals surface area contributed by atoms with Crippen LogP contribution in [-0.4, -0.2) is 23.2 Å².